The standard InChI is InChI=1S/C7H8FNO2/c8-5-2-1-4(7(10)11)3-6(5)9/h3,5,9H,1-2H2,(H,10,11). The highest BCUT2D eigenvalue weighted by atomic mass is 19.1. The van der Waals surface area contributed by atoms with Crippen LogP contribution in [0.15, 0.2) is 11.6 Å². The molecular formula is C7H8FNO2. The molecule has 0 spiro atoms. The van der Waals surface area contributed by atoms with Gasteiger partial charge in [-0.2, -0.15) is 0 Å². The first-order valence-corrected chi connectivity index (χ1v) is 3.27. The molecule has 1 aliphatic rings. The second-order valence-corrected chi connectivity index (χ2v) is 2.44. The predicted octanol–water partition coefficient (Wildman–Crippen LogP) is 1.15. The highest BCUT2D eigenvalue weighted by Gasteiger charge is 2.21. The highest BCUT2D eigenvalue weighted by molar-refractivity contribution is 6.03. The molecule has 0 heterocycles. The summed E-state index contributed by atoms with van der Waals surface area (Å²) in [6.45, 7) is 0. The lowest BCUT2D eigenvalue weighted by molar-refractivity contribution is -0.132. The average Bonchev–Trinajstić information content (AvgIpc) is 1.94. The van der Waals surface area contributed by atoms with Crippen LogP contribution in [0.3, 0.4) is 0 Å². The maximum atomic E-state index is 12.6. The van der Waals surface area contributed by atoms with E-state index in [1.54, 1.807) is 0 Å². The Balaban J connectivity index is 2.79. The van der Waals surface area contributed by atoms with Gasteiger partial charge in [0.25, 0.3) is 0 Å². The smallest absolute Gasteiger partial charge is 0.331 e. The number of hydrogen-bond donors (Lipinski definition) is 2. The molecule has 11 heavy (non-hydrogen) atoms. The van der Waals surface area contributed by atoms with Crippen molar-refractivity contribution in [2.75, 3.05) is 0 Å². The van der Waals surface area contributed by atoms with Crippen molar-refractivity contribution in [3.8, 4) is 0 Å². The number of alkyl halides is 1. The lowest BCUT2D eigenvalue weighted by atomic mass is 9.97. The fourth-order valence-electron chi connectivity index (χ4n) is 0.957. The molecule has 0 aliphatic heterocycles. The Morgan fingerprint density at radius 1 is 1.82 bits per heavy atom. The summed E-state index contributed by atoms with van der Waals surface area (Å²) in [5, 5.41) is 15.5. The lowest BCUT2D eigenvalue weighted by Crippen LogP contribution is -2.20. The number of nitrogens with one attached hydrogen (secondary N) is 1. The number of hydrogen-bond acceptors (Lipinski definition) is 2. The Labute approximate surface area is 63.0 Å². The second-order valence-electron chi connectivity index (χ2n) is 2.44. The maximum absolute atomic E-state index is 12.6. The number of aliphatic carboxylic acids is 1. The Bertz CT molecular complexity index is 235. The molecule has 1 atom stereocenters. The topological polar surface area (TPSA) is 61.2 Å². The largest absolute Gasteiger partial charge is 0.478 e. The fraction of sp³-hybridized carbons (Fsp3) is 0.429. The van der Waals surface area contributed by atoms with E-state index < -0.39 is 12.1 Å². The zero-order valence-corrected chi connectivity index (χ0v) is 5.80. The van der Waals surface area contributed by atoms with Crippen molar-refractivity contribution in [1.29, 1.82) is 5.41 Å². The number of carboxylic acids is 1. The van der Waals surface area contributed by atoms with Crippen LogP contribution in [0.1, 0.15) is 12.8 Å². The molecule has 1 aliphatic carbocycles. The minimum Gasteiger partial charge on any atom is -0.478 e. The van der Waals surface area contributed by atoms with E-state index in [-0.39, 0.29) is 24.1 Å². The Morgan fingerprint density at radius 3 is 2.91 bits per heavy atom. The van der Waals surface area contributed by atoms with Gasteiger partial charge in [-0.25, -0.2) is 9.18 Å². The number of halogens is 1. The number of carboxylic acid groups (broad SMARTS) is 1. The van der Waals surface area contributed by atoms with Gasteiger partial charge in [-0.05, 0) is 18.9 Å². The van der Waals surface area contributed by atoms with Crippen molar-refractivity contribution in [2.45, 2.75) is 19.0 Å². The first-order chi connectivity index (χ1) is 5.11. The molecule has 0 bridgehead atoms. The second kappa shape index (κ2) is 2.82. The Hall–Kier alpha value is -1.19. The normalized spacial score (nSPS) is 24.6. The molecular weight excluding hydrogens is 149 g/mol. The molecule has 0 saturated heterocycles. The molecule has 2 N–H and O–H groups in total. The molecule has 4 heteroatoms. The van der Waals surface area contributed by atoms with Gasteiger partial charge in [-0.1, -0.05) is 0 Å². The highest BCUT2D eigenvalue weighted by Crippen LogP contribution is 2.17. The first kappa shape index (κ1) is 7.91. The lowest BCUT2D eigenvalue weighted by Gasteiger charge is -2.13. The van der Waals surface area contributed by atoms with Crippen molar-refractivity contribution in [3.63, 3.8) is 0 Å². The fourth-order valence-corrected chi connectivity index (χ4v) is 0.957. The van der Waals surface area contributed by atoms with Gasteiger partial charge in [0, 0.05) is 5.57 Å². The molecule has 0 aromatic carbocycles. The van der Waals surface area contributed by atoms with Gasteiger partial charge in [-0.3, -0.25) is 0 Å². The number of carbonyl (C=O) groups is 1. The van der Waals surface area contributed by atoms with Gasteiger partial charge < -0.3 is 10.5 Å². The van der Waals surface area contributed by atoms with Crippen molar-refractivity contribution >= 4 is 11.7 Å². The van der Waals surface area contributed by atoms with Crippen LogP contribution in [-0.4, -0.2) is 23.0 Å². The van der Waals surface area contributed by atoms with Crippen LogP contribution in [0.25, 0.3) is 0 Å². The van der Waals surface area contributed by atoms with E-state index in [0.717, 1.165) is 6.08 Å². The van der Waals surface area contributed by atoms with E-state index in [1.807, 2.05) is 0 Å². The van der Waals surface area contributed by atoms with E-state index in [0.29, 0.717) is 0 Å². The number of rotatable bonds is 1. The number of allylic oxidation sites excluding steroid dienone is 1. The Kier molecular flexibility index (Phi) is 2.03. The zero-order valence-electron chi connectivity index (χ0n) is 5.80. The van der Waals surface area contributed by atoms with Crippen molar-refractivity contribution in [3.05, 3.63) is 11.6 Å². The molecule has 0 fully saturated rings. The van der Waals surface area contributed by atoms with Crippen molar-refractivity contribution in [1.82, 2.24) is 0 Å². The third kappa shape index (κ3) is 1.63. The van der Waals surface area contributed by atoms with E-state index in [9.17, 15) is 9.18 Å². The molecule has 3 nitrogen and oxygen atoms in total. The maximum Gasteiger partial charge on any atom is 0.331 e. The summed E-state index contributed by atoms with van der Waals surface area (Å²) in [4.78, 5) is 10.3. The van der Waals surface area contributed by atoms with Crippen LogP contribution in [0, 0.1) is 5.41 Å². The van der Waals surface area contributed by atoms with Gasteiger partial charge in [-0.15, -0.1) is 0 Å². The molecule has 0 aromatic rings. The van der Waals surface area contributed by atoms with E-state index in [1.165, 1.54) is 0 Å². The van der Waals surface area contributed by atoms with Gasteiger partial charge in [0.2, 0.25) is 0 Å². The van der Waals surface area contributed by atoms with Crippen LogP contribution in [0.5, 0.6) is 0 Å². The monoisotopic (exact) mass is 157 g/mol. The third-order valence-corrected chi connectivity index (χ3v) is 1.61. The molecule has 0 radical (unpaired) electrons. The van der Waals surface area contributed by atoms with Crippen LogP contribution >= 0.6 is 0 Å². The SMILES string of the molecule is N=C1C=C(C(=O)O)CCC1F. The summed E-state index contributed by atoms with van der Waals surface area (Å²) in [7, 11) is 0. The minimum absolute atomic E-state index is 0.122. The molecule has 0 aromatic heterocycles. The summed E-state index contributed by atoms with van der Waals surface area (Å²) in [6.07, 6.45) is 0.157. The molecule has 1 unspecified atom stereocenters. The van der Waals surface area contributed by atoms with Gasteiger partial charge >= 0.3 is 5.97 Å². The van der Waals surface area contributed by atoms with Gasteiger partial charge in [0.15, 0.2) is 0 Å². The quantitative estimate of drug-likeness (QED) is 0.599. The van der Waals surface area contributed by atoms with Crippen molar-refractivity contribution in [2.24, 2.45) is 0 Å². The van der Waals surface area contributed by atoms with E-state index in [4.69, 9.17) is 10.5 Å². The van der Waals surface area contributed by atoms with Gasteiger partial charge in [0.05, 0.1) is 5.71 Å². The molecule has 0 amide bonds. The molecule has 60 valence electrons. The summed E-state index contributed by atoms with van der Waals surface area (Å²) >= 11 is 0. The molecule has 0 saturated carbocycles. The van der Waals surface area contributed by atoms with Crippen LogP contribution in [0.2, 0.25) is 0 Å². The van der Waals surface area contributed by atoms with Crippen LogP contribution in [-0.2, 0) is 4.79 Å². The molecule has 1 rings (SSSR count). The van der Waals surface area contributed by atoms with Gasteiger partial charge in [0.1, 0.15) is 6.17 Å². The zero-order chi connectivity index (χ0) is 8.43. The predicted molar refractivity (Wildman–Crippen MR) is 37.6 cm³/mol. The third-order valence-electron chi connectivity index (χ3n) is 1.61. The van der Waals surface area contributed by atoms with Crippen molar-refractivity contribution < 1.29 is 14.3 Å². The van der Waals surface area contributed by atoms with E-state index >= 15 is 0 Å². The summed E-state index contributed by atoms with van der Waals surface area (Å²) in [6, 6.07) is 0. The van der Waals surface area contributed by atoms with E-state index in [2.05, 4.69) is 0 Å². The van der Waals surface area contributed by atoms with Crippen LogP contribution in [0.4, 0.5) is 4.39 Å². The minimum atomic E-state index is -1.28. The first-order valence-electron chi connectivity index (χ1n) is 3.27. The average molecular weight is 157 g/mol. The Morgan fingerprint density at radius 2 is 2.45 bits per heavy atom. The summed E-state index contributed by atoms with van der Waals surface area (Å²) in [5.41, 5.74) is -0.0995. The summed E-state index contributed by atoms with van der Waals surface area (Å²) in [5.74, 6) is -1.05. The van der Waals surface area contributed by atoms with Crippen LogP contribution < -0.4 is 0 Å². The summed E-state index contributed by atoms with van der Waals surface area (Å²) < 4.78 is 12.6.